The normalized spacial score (nSPS) is 22.3. The van der Waals surface area contributed by atoms with E-state index in [1.165, 1.54) is 11.1 Å². The van der Waals surface area contributed by atoms with E-state index in [1.54, 1.807) is 0 Å². The number of carbonyl (C=O) groups is 2. The quantitative estimate of drug-likeness (QED) is 0.845. The largest absolute Gasteiger partial charge is 0.338 e. The molecule has 0 aromatic heterocycles. The van der Waals surface area contributed by atoms with Gasteiger partial charge in [-0.05, 0) is 18.1 Å². The van der Waals surface area contributed by atoms with Gasteiger partial charge in [0.2, 0.25) is 5.91 Å². The summed E-state index contributed by atoms with van der Waals surface area (Å²) in [5.74, 6) is 0.0221. The molecule has 22 heavy (non-hydrogen) atoms. The van der Waals surface area contributed by atoms with Crippen LogP contribution in [0.3, 0.4) is 0 Å². The maximum Gasteiger partial charge on any atom is 0.315 e. The van der Waals surface area contributed by atoms with Crippen molar-refractivity contribution in [3.63, 3.8) is 0 Å². The molecule has 2 aliphatic rings. The zero-order chi connectivity index (χ0) is 15.5. The minimum atomic E-state index is -0.407. The number of hydrogen-bond donors (Lipinski definition) is 2. The number of carbonyl (C=O) groups excluding carboxylic acids is 2. The fourth-order valence-corrected chi connectivity index (χ4v) is 2.98. The highest BCUT2D eigenvalue weighted by molar-refractivity contribution is 5.90. The molecule has 118 valence electrons. The van der Waals surface area contributed by atoms with Gasteiger partial charge in [0.1, 0.15) is 6.04 Å². The van der Waals surface area contributed by atoms with E-state index in [2.05, 4.69) is 46.7 Å². The second kappa shape index (κ2) is 6.36. The van der Waals surface area contributed by atoms with E-state index in [0.29, 0.717) is 6.54 Å². The maximum absolute atomic E-state index is 12.3. The SMILES string of the molecule is Cc1ccccc1CN1CCN(C(=O)[C@@H]2CNC(=O)N2)CC1. The molecule has 6 nitrogen and oxygen atoms in total. The van der Waals surface area contributed by atoms with Gasteiger partial charge < -0.3 is 15.5 Å². The van der Waals surface area contributed by atoms with Gasteiger partial charge in [-0.2, -0.15) is 0 Å². The van der Waals surface area contributed by atoms with Crippen LogP contribution in [-0.4, -0.2) is 60.5 Å². The predicted octanol–water partition coefficient (Wildman–Crippen LogP) is 0.321. The first-order valence-corrected chi connectivity index (χ1v) is 7.73. The Balaban J connectivity index is 1.51. The van der Waals surface area contributed by atoms with Gasteiger partial charge in [0.05, 0.1) is 0 Å². The third-order valence-corrected chi connectivity index (χ3v) is 4.41. The summed E-state index contributed by atoms with van der Waals surface area (Å²) in [7, 11) is 0. The molecule has 0 aliphatic carbocycles. The lowest BCUT2D eigenvalue weighted by Gasteiger charge is -2.36. The molecule has 1 aromatic carbocycles. The molecule has 0 spiro atoms. The Bertz CT molecular complexity index is 567. The molecule has 3 rings (SSSR count). The second-order valence-corrected chi connectivity index (χ2v) is 5.93. The number of aryl methyl sites for hydroxylation is 1. The molecular weight excluding hydrogens is 280 g/mol. The second-order valence-electron chi connectivity index (χ2n) is 5.93. The van der Waals surface area contributed by atoms with E-state index in [4.69, 9.17) is 0 Å². The van der Waals surface area contributed by atoms with Crippen molar-refractivity contribution >= 4 is 11.9 Å². The van der Waals surface area contributed by atoms with Crippen LogP contribution in [0.2, 0.25) is 0 Å². The molecule has 2 saturated heterocycles. The number of benzene rings is 1. The van der Waals surface area contributed by atoms with Gasteiger partial charge in [0, 0.05) is 39.3 Å². The molecule has 2 N–H and O–H groups in total. The standard InChI is InChI=1S/C16H22N4O2/c1-12-4-2-3-5-13(12)11-19-6-8-20(9-7-19)15(21)14-10-17-16(22)18-14/h2-5,14H,6-11H2,1H3,(H2,17,18,22)/t14-/m0/s1. The minimum Gasteiger partial charge on any atom is -0.338 e. The fraction of sp³-hybridized carbons (Fsp3) is 0.500. The van der Waals surface area contributed by atoms with Gasteiger partial charge in [0.25, 0.3) is 0 Å². The molecule has 2 aliphatic heterocycles. The average molecular weight is 302 g/mol. The van der Waals surface area contributed by atoms with Crippen molar-refractivity contribution < 1.29 is 9.59 Å². The number of urea groups is 1. The topological polar surface area (TPSA) is 64.7 Å². The number of amides is 3. The summed E-state index contributed by atoms with van der Waals surface area (Å²) < 4.78 is 0. The Morgan fingerprint density at radius 3 is 2.59 bits per heavy atom. The monoisotopic (exact) mass is 302 g/mol. The molecule has 0 unspecified atom stereocenters. The summed E-state index contributed by atoms with van der Waals surface area (Å²) in [4.78, 5) is 27.7. The van der Waals surface area contributed by atoms with Crippen LogP contribution in [0.25, 0.3) is 0 Å². The number of nitrogens with zero attached hydrogens (tertiary/aromatic N) is 2. The van der Waals surface area contributed by atoms with Crippen molar-refractivity contribution in [1.82, 2.24) is 20.4 Å². The Morgan fingerprint density at radius 2 is 1.95 bits per heavy atom. The number of piperazine rings is 1. The summed E-state index contributed by atoms with van der Waals surface area (Å²) >= 11 is 0. The Kier molecular flexibility index (Phi) is 4.29. The van der Waals surface area contributed by atoms with Crippen LogP contribution >= 0.6 is 0 Å². The third-order valence-electron chi connectivity index (χ3n) is 4.41. The van der Waals surface area contributed by atoms with Crippen molar-refractivity contribution in [3.05, 3.63) is 35.4 Å². The third kappa shape index (κ3) is 3.22. The van der Waals surface area contributed by atoms with E-state index in [0.717, 1.165) is 32.7 Å². The van der Waals surface area contributed by atoms with Crippen LogP contribution in [0.5, 0.6) is 0 Å². The van der Waals surface area contributed by atoms with Crippen molar-refractivity contribution in [2.24, 2.45) is 0 Å². The van der Waals surface area contributed by atoms with Crippen LogP contribution in [0, 0.1) is 6.92 Å². The predicted molar refractivity (Wildman–Crippen MR) is 83.4 cm³/mol. The van der Waals surface area contributed by atoms with Crippen molar-refractivity contribution in [2.45, 2.75) is 19.5 Å². The van der Waals surface area contributed by atoms with Gasteiger partial charge >= 0.3 is 6.03 Å². The molecular formula is C16H22N4O2. The molecule has 0 radical (unpaired) electrons. The van der Waals surface area contributed by atoms with Crippen LogP contribution in [0.1, 0.15) is 11.1 Å². The lowest BCUT2D eigenvalue weighted by atomic mass is 10.1. The Hall–Kier alpha value is -2.08. The lowest BCUT2D eigenvalue weighted by molar-refractivity contribution is -0.134. The van der Waals surface area contributed by atoms with Gasteiger partial charge in [-0.15, -0.1) is 0 Å². The zero-order valence-corrected chi connectivity index (χ0v) is 12.8. The minimum absolute atomic E-state index is 0.0221. The molecule has 2 fully saturated rings. The van der Waals surface area contributed by atoms with Gasteiger partial charge in [-0.1, -0.05) is 24.3 Å². The van der Waals surface area contributed by atoms with E-state index in [1.807, 2.05) is 4.90 Å². The first kappa shape index (κ1) is 14.8. The highest BCUT2D eigenvalue weighted by atomic mass is 16.2. The Morgan fingerprint density at radius 1 is 1.23 bits per heavy atom. The van der Waals surface area contributed by atoms with Gasteiger partial charge in [-0.25, -0.2) is 4.79 Å². The van der Waals surface area contributed by atoms with Crippen molar-refractivity contribution in [1.29, 1.82) is 0 Å². The molecule has 6 heteroatoms. The number of hydrogen-bond acceptors (Lipinski definition) is 3. The lowest BCUT2D eigenvalue weighted by Crippen LogP contribution is -2.53. The van der Waals surface area contributed by atoms with Crippen molar-refractivity contribution in [2.75, 3.05) is 32.7 Å². The number of nitrogens with one attached hydrogen (secondary N) is 2. The smallest absolute Gasteiger partial charge is 0.315 e. The molecule has 1 aromatic rings. The molecule has 2 heterocycles. The van der Waals surface area contributed by atoms with Crippen LogP contribution < -0.4 is 10.6 Å². The average Bonchev–Trinajstić information content (AvgIpc) is 2.96. The van der Waals surface area contributed by atoms with Crippen LogP contribution in [0.15, 0.2) is 24.3 Å². The van der Waals surface area contributed by atoms with Crippen molar-refractivity contribution in [3.8, 4) is 0 Å². The van der Waals surface area contributed by atoms with E-state index >= 15 is 0 Å². The van der Waals surface area contributed by atoms with Gasteiger partial charge in [0.15, 0.2) is 0 Å². The fourth-order valence-electron chi connectivity index (χ4n) is 2.98. The van der Waals surface area contributed by atoms with Gasteiger partial charge in [-0.3, -0.25) is 9.69 Å². The van der Waals surface area contributed by atoms with Crippen LogP contribution in [-0.2, 0) is 11.3 Å². The summed E-state index contributed by atoms with van der Waals surface area (Å²) in [6.45, 7) is 6.62. The molecule has 0 bridgehead atoms. The summed E-state index contributed by atoms with van der Waals surface area (Å²) in [5.41, 5.74) is 2.65. The summed E-state index contributed by atoms with van der Waals surface area (Å²) in [5, 5.41) is 5.28. The Labute approximate surface area is 130 Å². The van der Waals surface area contributed by atoms with Crippen LogP contribution in [0.4, 0.5) is 4.79 Å². The highest BCUT2D eigenvalue weighted by Crippen LogP contribution is 2.13. The molecule has 0 saturated carbocycles. The molecule has 3 amide bonds. The first-order chi connectivity index (χ1) is 10.6. The summed E-state index contributed by atoms with van der Waals surface area (Å²) in [6.07, 6.45) is 0. The maximum atomic E-state index is 12.3. The van der Waals surface area contributed by atoms with E-state index in [-0.39, 0.29) is 11.9 Å². The molecule has 1 atom stereocenters. The zero-order valence-electron chi connectivity index (χ0n) is 12.8. The highest BCUT2D eigenvalue weighted by Gasteiger charge is 2.32. The van der Waals surface area contributed by atoms with E-state index in [9.17, 15) is 9.59 Å². The summed E-state index contributed by atoms with van der Waals surface area (Å²) in [6, 6.07) is 7.75. The number of rotatable bonds is 3. The van der Waals surface area contributed by atoms with E-state index < -0.39 is 6.04 Å². The first-order valence-electron chi connectivity index (χ1n) is 7.73.